The zero-order valence-electron chi connectivity index (χ0n) is 32.9. The van der Waals surface area contributed by atoms with E-state index in [1.165, 1.54) is 167 Å². The first-order chi connectivity index (χ1) is 23.8. The van der Waals surface area contributed by atoms with Crippen LogP contribution in [0.5, 0.6) is 0 Å². The molecule has 6 heteroatoms. The van der Waals surface area contributed by atoms with E-state index in [-0.39, 0.29) is 12.8 Å². The molecule has 0 saturated carbocycles. The van der Waals surface area contributed by atoms with Gasteiger partial charge >= 0.3 is 0 Å². The SMILES string of the molecule is CCCCCCCCCCCCCCCCCCCC(=O)C(O)(P)C(O)(CO)C(=O)CCCCCCCCCCCCCCCCCCC. The Balaban J connectivity index is 3.87. The summed E-state index contributed by atoms with van der Waals surface area (Å²) in [5, 5.41) is 29.5. The van der Waals surface area contributed by atoms with E-state index in [0.717, 1.165) is 38.5 Å². The number of unbranched alkanes of at least 4 members (excludes halogenated alkanes) is 32. The molecule has 3 unspecified atom stereocenters. The van der Waals surface area contributed by atoms with Crippen molar-refractivity contribution >= 4 is 20.8 Å². The van der Waals surface area contributed by atoms with Crippen LogP contribution in [0.25, 0.3) is 0 Å². The average Bonchev–Trinajstić information content (AvgIpc) is 3.10. The first-order valence-corrected chi connectivity index (χ1v) is 22.3. The van der Waals surface area contributed by atoms with Gasteiger partial charge in [-0.15, -0.1) is 0 Å². The summed E-state index contributed by atoms with van der Waals surface area (Å²) in [6.45, 7) is 3.57. The summed E-state index contributed by atoms with van der Waals surface area (Å²) in [5.41, 5.74) is -2.47. The summed E-state index contributed by atoms with van der Waals surface area (Å²) in [6, 6.07) is 0. The highest BCUT2D eigenvalue weighted by atomic mass is 31.0. The Hall–Kier alpha value is -0.350. The number of hydrogen-bond acceptors (Lipinski definition) is 5. The molecule has 0 aromatic carbocycles. The molecular weight excluding hydrogens is 627 g/mol. The largest absolute Gasteiger partial charge is 0.393 e. The van der Waals surface area contributed by atoms with Crippen LogP contribution in [0.1, 0.15) is 245 Å². The van der Waals surface area contributed by atoms with Crippen molar-refractivity contribution in [3.63, 3.8) is 0 Å². The second-order valence-corrected chi connectivity index (χ2v) is 16.3. The number of carbonyl (C=O) groups is 2. The van der Waals surface area contributed by atoms with Gasteiger partial charge in [0, 0.05) is 12.8 Å². The Morgan fingerprint density at radius 3 is 0.816 bits per heavy atom. The van der Waals surface area contributed by atoms with Crippen molar-refractivity contribution < 1.29 is 24.9 Å². The molecule has 0 aliphatic rings. The van der Waals surface area contributed by atoms with E-state index in [1.54, 1.807) is 0 Å². The van der Waals surface area contributed by atoms with Gasteiger partial charge in [-0.25, -0.2) is 0 Å². The van der Waals surface area contributed by atoms with E-state index >= 15 is 0 Å². The molecule has 0 bridgehead atoms. The van der Waals surface area contributed by atoms with Crippen LogP contribution in [0.15, 0.2) is 0 Å². The molecule has 0 aliphatic carbocycles. The van der Waals surface area contributed by atoms with E-state index in [0.29, 0.717) is 12.8 Å². The Morgan fingerprint density at radius 1 is 0.388 bits per heavy atom. The fraction of sp³-hybridized carbons (Fsp3) is 0.953. The topological polar surface area (TPSA) is 94.8 Å². The third-order valence-corrected chi connectivity index (χ3v) is 11.6. The van der Waals surface area contributed by atoms with Crippen molar-refractivity contribution in [3.05, 3.63) is 0 Å². The van der Waals surface area contributed by atoms with Crippen molar-refractivity contribution in [1.82, 2.24) is 0 Å². The van der Waals surface area contributed by atoms with Crippen LogP contribution >= 0.6 is 9.24 Å². The van der Waals surface area contributed by atoms with Crippen molar-refractivity contribution in [2.75, 3.05) is 6.61 Å². The maximum atomic E-state index is 12.9. The maximum Gasteiger partial charge on any atom is 0.185 e. The molecule has 0 aliphatic heterocycles. The lowest BCUT2D eigenvalue weighted by atomic mass is 9.85. The van der Waals surface area contributed by atoms with E-state index in [2.05, 4.69) is 13.8 Å². The molecule has 0 heterocycles. The van der Waals surface area contributed by atoms with Gasteiger partial charge in [0.2, 0.25) is 0 Å². The van der Waals surface area contributed by atoms with E-state index < -0.39 is 29.1 Å². The molecule has 0 aromatic rings. The molecule has 0 rings (SSSR count). The second kappa shape index (κ2) is 34.7. The summed E-state index contributed by atoms with van der Waals surface area (Å²) in [7, 11) is 1.98. The van der Waals surface area contributed by atoms with E-state index in [1.807, 2.05) is 9.24 Å². The highest BCUT2D eigenvalue weighted by Crippen LogP contribution is 2.34. The smallest absolute Gasteiger partial charge is 0.185 e. The number of aliphatic hydroxyl groups excluding tert-OH is 1. The highest BCUT2D eigenvalue weighted by Gasteiger charge is 2.55. The normalized spacial score (nSPS) is 14.2. The van der Waals surface area contributed by atoms with Gasteiger partial charge in [-0.05, 0) is 12.8 Å². The minimum absolute atomic E-state index is 0.0543. The highest BCUT2D eigenvalue weighted by molar-refractivity contribution is 7.21. The van der Waals surface area contributed by atoms with Gasteiger partial charge < -0.3 is 15.3 Å². The third kappa shape index (κ3) is 26.1. The number of hydrogen-bond donors (Lipinski definition) is 3. The number of carbonyl (C=O) groups excluding carboxylic acids is 2. The van der Waals surface area contributed by atoms with Crippen molar-refractivity contribution in [1.29, 1.82) is 0 Å². The zero-order chi connectivity index (χ0) is 36.3. The number of Topliss-reactive ketones (excluding diaryl/α,β-unsaturated/α-hetero) is 2. The molecule has 0 spiro atoms. The van der Waals surface area contributed by atoms with Gasteiger partial charge in [-0.1, -0.05) is 229 Å². The van der Waals surface area contributed by atoms with Crippen LogP contribution < -0.4 is 0 Å². The van der Waals surface area contributed by atoms with Crippen LogP contribution in [0.3, 0.4) is 0 Å². The van der Waals surface area contributed by atoms with Gasteiger partial charge in [-0.2, -0.15) is 0 Å². The monoisotopic (exact) mass is 713 g/mol. The summed E-state index contributed by atoms with van der Waals surface area (Å²) in [4.78, 5) is 25.8. The lowest BCUT2D eigenvalue weighted by Crippen LogP contribution is -2.62. The summed E-state index contributed by atoms with van der Waals surface area (Å²) >= 11 is 0. The Kier molecular flexibility index (Phi) is 34.5. The lowest BCUT2D eigenvalue weighted by Gasteiger charge is -2.37. The fourth-order valence-corrected chi connectivity index (χ4v) is 7.47. The quantitative estimate of drug-likeness (QED) is 0.0434. The van der Waals surface area contributed by atoms with Crippen molar-refractivity contribution in [2.24, 2.45) is 0 Å². The lowest BCUT2D eigenvalue weighted by molar-refractivity contribution is -0.172. The number of rotatable bonds is 40. The molecular formula is C43H85O5P. The Labute approximate surface area is 307 Å². The zero-order valence-corrected chi connectivity index (χ0v) is 34.1. The predicted molar refractivity (Wildman–Crippen MR) is 214 cm³/mol. The summed E-state index contributed by atoms with van der Waals surface area (Å²) in [5.74, 6) is -1.24. The van der Waals surface area contributed by atoms with Crippen LogP contribution in [-0.4, -0.2) is 44.4 Å². The molecule has 0 aromatic heterocycles. The van der Waals surface area contributed by atoms with Crippen LogP contribution in [0.2, 0.25) is 0 Å². The van der Waals surface area contributed by atoms with Gasteiger partial charge in [0.25, 0.3) is 0 Å². The first-order valence-electron chi connectivity index (χ1n) is 21.7. The van der Waals surface area contributed by atoms with E-state index in [4.69, 9.17) is 0 Å². The minimum atomic E-state index is -2.47. The molecule has 5 nitrogen and oxygen atoms in total. The van der Waals surface area contributed by atoms with Gasteiger partial charge in [-0.3, -0.25) is 9.59 Å². The maximum absolute atomic E-state index is 12.9. The third-order valence-electron chi connectivity index (χ3n) is 10.8. The Bertz CT molecular complexity index is 742. The van der Waals surface area contributed by atoms with Gasteiger partial charge in [0.1, 0.15) is 0 Å². The minimum Gasteiger partial charge on any atom is -0.393 e. The summed E-state index contributed by atoms with van der Waals surface area (Å²) in [6.07, 6.45) is 42.6. The number of ketones is 2. The predicted octanol–water partition coefficient (Wildman–Crippen LogP) is 12.5. The van der Waals surface area contributed by atoms with Crippen LogP contribution in [-0.2, 0) is 9.59 Å². The molecule has 0 saturated heterocycles. The molecule has 0 fully saturated rings. The standard InChI is InChI=1S/C43H85O5P/c1-3-5-7-9-11-13-15-17-19-21-23-25-27-29-31-33-35-37-40(45)42(47,39-44)43(48,49)41(46)38-36-34-32-30-28-26-24-22-20-18-16-14-12-10-8-6-4-2/h44,47-48H,3-39,49H2,1-2H3. The molecule has 49 heavy (non-hydrogen) atoms. The van der Waals surface area contributed by atoms with Crippen LogP contribution in [0, 0.1) is 0 Å². The molecule has 0 amide bonds. The van der Waals surface area contributed by atoms with Gasteiger partial charge in [0.05, 0.1) is 6.61 Å². The molecule has 3 N–H and O–H groups in total. The first kappa shape index (κ1) is 48.6. The molecule has 292 valence electrons. The number of aliphatic hydroxyl groups is 3. The van der Waals surface area contributed by atoms with Crippen LogP contribution in [0.4, 0.5) is 0 Å². The Morgan fingerprint density at radius 2 is 0.592 bits per heavy atom. The van der Waals surface area contributed by atoms with Gasteiger partial charge in [0.15, 0.2) is 22.5 Å². The van der Waals surface area contributed by atoms with Crippen molar-refractivity contribution in [3.8, 4) is 0 Å². The van der Waals surface area contributed by atoms with Crippen molar-refractivity contribution in [2.45, 2.75) is 256 Å². The molecule has 3 atom stereocenters. The summed E-state index contributed by atoms with van der Waals surface area (Å²) < 4.78 is 0. The van der Waals surface area contributed by atoms with E-state index in [9.17, 15) is 24.9 Å². The second-order valence-electron chi connectivity index (χ2n) is 15.4. The molecule has 0 radical (unpaired) electrons. The fourth-order valence-electron chi connectivity index (χ4n) is 7.07. The average molecular weight is 713 g/mol.